The Labute approximate surface area is 151 Å². The fraction of sp³-hybridized carbons (Fsp3) is 0.300. The molecule has 130 valence electrons. The predicted molar refractivity (Wildman–Crippen MR) is 104 cm³/mol. The van der Waals surface area contributed by atoms with Gasteiger partial charge >= 0.3 is 0 Å². The van der Waals surface area contributed by atoms with E-state index in [1.165, 1.54) is 0 Å². The van der Waals surface area contributed by atoms with E-state index in [4.69, 9.17) is 4.74 Å². The highest BCUT2D eigenvalue weighted by atomic mass is 32.1. The average molecular weight is 354 g/mol. The molecule has 0 saturated heterocycles. The van der Waals surface area contributed by atoms with Gasteiger partial charge in [-0.15, -0.1) is 11.3 Å². The molecule has 1 amide bonds. The second-order valence-corrected chi connectivity index (χ2v) is 7.02. The van der Waals surface area contributed by atoms with Gasteiger partial charge in [0.25, 0.3) is 5.91 Å². The van der Waals surface area contributed by atoms with Gasteiger partial charge in [0, 0.05) is 11.3 Å². The quantitative estimate of drug-likeness (QED) is 0.661. The summed E-state index contributed by atoms with van der Waals surface area (Å²) >= 11 is 1.69. The van der Waals surface area contributed by atoms with E-state index in [2.05, 4.69) is 17.2 Å². The number of amides is 1. The molecule has 0 aliphatic carbocycles. The van der Waals surface area contributed by atoms with Crippen LogP contribution < -0.4 is 10.1 Å². The minimum Gasteiger partial charge on any atom is -0.494 e. The highest BCUT2D eigenvalue weighted by Gasteiger charge is 2.10. The van der Waals surface area contributed by atoms with Crippen LogP contribution in [0.1, 0.15) is 41.2 Å². The van der Waals surface area contributed by atoms with Gasteiger partial charge < -0.3 is 10.1 Å². The molecule has 0 aliphatic rings. The van der Waals surface area contributed by atoms with Crippen LogP contribution in [0.2, 0.25) is 0 Å². The zero-order valence-electron chi connectivity index (χ0n) is 14.8. The van der Waals surface area contributed by atoms with Crippen molar-refractivity contribution in [1.82, 2.24) is 4.98 Å². The van der Waals surface area contributed by atoms with E-state index in [0.717, 1.165) is 45.1 Å². The summed E-state index contributed by atoms with van der Waals surface area (Å²) in [7, 11) is 0. The summed E-state index contributed by atoms with van der Waals surface area (Å²) in [4.78, 5) is 17.1. The molecule has 0 unspecified atom stereocenters. The number of aromatic nitrogens is 1. The zero-order valence-corrected chi connectivity index (χ0v) is 15.6. The van der Waals surface area contributed by atoms with E-state index < -0.39 is 0 Å². The number of hydrogen-bond donors (Lipinski definition) is 1. The Kier molecular flexibility index (Phi) is 5.34. The van der Waals surface area contributed by atoms with Crippen molar-refractivity contribution in [2.24, 2.45) is 0 Å². The van der Waals surface area contributed by atoms with Crippen LogP contribution in [0.4, 0.5) is 5.69 Å². The third kappa shape index (κ3) is 3.99. The first-order valence-electron chi connectivity index (χ1n) is 8.55. The minimum atomic E-state index is -0.121. The van der Waals surface area contributed by atoms with Crippen LogP contribution in [0.25, 0.3) is 10.2 Å². The van der Waals surface area contributed by atoms with Crippen molar-refractivity contribution in [3.8, 4) is 5.75 Å². The molecular formula is C20H22N2O2S. The van der Waals surface area contributed by atoms with Crippen molar-refractivity contribution >= 4 is 33.1 Å². The Morgan fingerprint density at radius 1 is 1.20 bits per heavy atom. The molecule has 0 saturated carbocycles. The van der Waals surface area contributed by atoms with E-state index in [9.17, 15) is 4.79 Å². The van der Waals surface area contributed by atoms with Gasteiger partial charge in [-0.05, 0) is 68.7 Å². The van der Waals surface area contributed by atoms with Crippen LogP contribution >= 0.6 is 11.3 Å². The summed E-state index contributed by atoms with van der Waals surface area (Å²) < 4.78 is 6.62. The summed E-state index contributed by atoms with van der Waals surface area (Å²) in [5.74, 6) is 0.692. The summed E-state index contributed by atoms with van der Waals surface area (Å²) in [5, 5.41) is 4.11. The maximum Gasteiger partial charge on any atom is 0.255 e. The third-order valence-corrected chi connectivity index (χ3v) is 4.97. The molecule has 0 radical (unpaired) electrons. The maximum absolute atomic E-state index is 12.5. The molecule has 3 rings (SSSR count). The number of carbonyl (C=O) groups is 1. The highest BCUT2D eigenvalue weighted by molar-refractivity contribution is 7.18. The van der Waals surface area contributed by atoms with E-state index in [1.807, 2.05) is 44.2 Å². The molecule has 0 bridgehead atoms. The number of carbonyl (C=O) groups excluding carboxylic acids is 1. The largest absolute Gasteiger partial charge is 0.494 e. The second-order valence-electron chi connectivity index (χ2n) is 5.91. The van der Waals surface area contributed by atoms with Crippen molar-refractivity contribution in [1.29, 1.82) is 0 Å². The Morgan fingerprint density at radius 2 is 2.04 bits per heavy atom. The number of thiazole rings is 1. The van der Waals surface area contributed by atoms with Crippen LogP contribution in [-0.2, 0) is 6.42 Å². The number of rotatable bonds is 6. The monoisotopic (exact) mass is 354 g/mol. The van der Waals surface area contributed by atoms with Gasteiger partial charge in [0.1, 0.15) is 5.75 Å². The fourth-order valence-electron chi connectivity index (χ4n) is 2.68. The molecule has 0 fully saturated rings. The Balaban J connectivity index is 1.78. The van der Waals surface area contributed by atoms with Gasteiger partial charge in [-0.2, -0.15) is 0 Å². The van der Waals surface area contributed by atoms with Gasteiger partial charge in [0.2, 0.25) is 0 Å². The molecule has 5 heteroatoms. The van der Waals surface area contributed by atoms with E-state index >= 15 is 0 Å². The zero-order chi connectivity index (χ0) is 17.8. The first-order chi connectivity index (χ1) is 12.1. The number of hydrogen-bond acceptors (Lipinski definition) is 4. The van der Waals surface area contributed by atoms with Crippen LogP contribution in [0.3, 0.4) is 0 Å². The molecule has 0 spiro atoms. The predicted octanol–water partition coefficient (Wildman–Crippen LogP) is 5.21. The molecule has 1 N–H and O–H groups in total. The average Bonchev–Trinajstić information content (AvgIpc) is 2.99. The van der Waals surface area contributed by atoms with Crippen LogP contribution in [0.15, 0.2) is 36.4 Å². The highest BCUT2D eigenvalue weighted by Crippen LogP contribution is 2.26. The topological polar surface area (TPSA) is 51.2 Å². The number of fused-ring (bicyclic) bond motifs is 1. The molecule has 25 heavy (non-hydrogen) atoms. The lowest BCUT2D eigenvalue weighted by Gasteiger charge is -2.09. The van der Waals surface area contributed by atoms with Crippen molar-refractivity contribution in [3.05, 3.63) is 52.5 Å². The molecular weight excluding hydrogens is 332 g/mol. The summed E-state index contributed by atoms with van der Waals surface area (Å²) in [6, 6.07) is 11.3. The van der Waals surface area contributed by atoms with Gasteiger partial charge in [0.15, 0.2) is 0 Å². The molecule has 1 heterocycles. The molecule has 2 aromatic carbocycles. The van der Waals surface area contributed by atoms with Crippen molar-refractivity contribution in [2.45, 2.75) is 33.6 Å². The Bertz CT molecular complexity index is 902. The van der Waals surface area contributed by atoms with Gasteiger partial charge in [-0.25, -0.2) is 4.98 Å². The van der Waals surface area contributed by atoms with Crippen LogP contribution in [0, 0.1) is 6.92 Å². The number of ether oxygens (including phenoxy) is 1. The van der Waals surface area contributed by atoms with Gasteiger partial charge in [-0.1, -0.05) is 6.92 Å². The number of nitrogens with zero attached hydrogens (tertiary/aromatic N) is 1. The lowest BCUT2D eigenvalue weighted by molar-refractivity contribution is 0.102. The first kappa shape index (κ1) is 17.4. The number of anilines is 1. The Hall–Kier alpha value is -2.40. The van der Waals surface area contributed by atoms with Gasteiger partial charge in [0.05, 0.1) is 21.8 Å². The lowest BCUT2D eigenvalue weighted by atomic mass is 10.1. The Morgan fingerprint density at radius 3 is 2.76 bits per heavy atom. The SMILES string of the molecule is CCCc1nc2ccc(NC(=O)c3ccc(OCC)c(C)c3)cc2s1. The van der Waals surface area contributed by atoms with Crippen molar-refractivity contribution < 1.29 is 9.53 Å². The number of aryl methyl sites for hydroxylation is 2. The first-order valence-corrected chi connectivity index (χ1v) is 9.36. The normalized spacial score (nSPS) is 10.8. The van der Waals surface area contributed by atoms with Crippen molar-refractivity contribution in [2.75, 3.05) is 11.9 Å². The van der Waals surface area contributed by atoms with Crippen LogP contribution in [-0.4, -0.2) is 17.5 Å². The molecule has 1 aromatic heterocycles. The minimum absolute atomic E-state index is 0.121. The molecule has 0 aliphatic heterocycles. The smallest absolute Gasteiger partial charge is 0.255 e. The van der Waals surface area contributed by atoms with E-state index in [1.54, 1.807) is 17.4 Å². The second kappa shape index (κ2) is 7.66. The van der Waals surface area contributed by atoms with Crippen molar-refractivity contribution in [3.63, 3.8) is 0 Å². The molecule has 3 aromatic rings. The molecule has 4 nitrogen and oxygen atoms in total. The fourth-order valence-corrected chi connectivity index (χ4v) is 3.79. The maximum atomic E-state index is 12.5. The van der Waals surface area contributed by atoms with E-state index in [-0.39, 0.29) is 5.91 Å². The van der Waals surface area contributed by atoms with Crippen LogP contribution in [0.5, 0.6) is 5.75 Å². The summed E-state index contributed by atoms with van der Waals surface area (Å²) in [6.07, 6.45) is 2.08. The number of nitrogens with one attached hydrogen (secondary N) is 1. The number of benzene rings is 2. The molecule has 0 atom stereocenters. The van der Waals surface area contributed by atoms with Gasteiger partial charge in [-0.3, -0.25) is 4.79 Å². The third-order valence-electron chi connectivity index (χ3n) is 3.89. The standard InChI is InChI=1S/C20H22N2O2S/c1-4-6-19-22-16-9-8-15(12-18(16)25-19)21-20(23)14-7-10-17(24-5-2)13(3)11-14/h7-12H,4-6H2,1-3H3,(H,21,23). The van der Waals surface area contributed by atoms with E-state index in [0.29, 0.717) is 12.2 Å². The summed E-state index contributed by atoms with van der Waals surface area (Å²) in [6.45, 7) is 6.65. The summed E-state index contributed by atoms with van der Waals surface area (Å²) in [5.41, 5.74) is 3.35. The lowest BCUT2D eigenvalue weighted by Crippen LogP contribution is -2.12.